The molecule has 0 saturated heterocycles. The second-order valence-electron chi connectivity index (χ2n) is 3.44. The topological polar surface area (TPSA) is 75.1 Å². The highest BCUT2D eigenvalue weighted by Gasteiger charge is 2.09. The van der Waals surface area contributed by atoms with Gasteiger partial charge in [-0.2, -0.15) is 0 Å². The Morgan fingerprint density at radius 3 is 2.89 bits per heavy atom. The highest BCUT2D eigenvalue weighted by atomic mass is 79.9. The van der Waals surface area contributed by atoms with Crippen molar-refractivity contribution >= 4 is 28.0 Å². The van der Waals surface area contributed by atoms with Crippen molar-refractivity contribution in [3.05, 3.63) is 49.9 Å². The van der Waals surface area contributed by atoms with Crippen LogP contribution in [0.5, 0.6) is 0 Å². The van der Waals surface area contributed by atoms with Crippen LogP contribution in [0.2, 0.25) is 0 Å². The van der Waals surface area contributed by atoms with E-state index in [1.165, 1.54) is 6.08 Å². The zero-order valence-corrected chi connectivity index (χ0v) is 11.6. The predicted octanol–water partition coefficient (Wildman–Crippen LogP) is 3.97. The van der Waals surface area contributed by atoms with Gasteiger partial charge >= 0.3 is 5.97 Å². The normalized spacial score (nSPS) is 10.7. The average molecular weight is 310 g/mol. The molecule has 18 heavy (non-hydrogen) atoms. The van der Waals surface area contributed by atoms with Crippen molar-refractivity contribution in [1.29, 1.82) is 0 Å². The monoisotopic (exact) mass is 309 g/mol. The first-order chi connectivity index (χ1) is 8.58. The van der Waals surface area contributed by atoms with Gasteiger partial charge in [-0.05, 0) is 48.7 Å². The molecule has 1 aromatic rings. The Balaban J connectivity index is 3.15. The average Bonchev–Trinajstić information content (AvgIpc) is 2.32. The Morgan fingerprint density at radius 2 is 2.33 bits per heavy atom. The second kappa shape index (κ2) is 6.83. The molecule has 0 N–H and O–H groups in total. The van der Waals surface area contributed by atoms with Crippen molar-refractivity contribution in [1.82, 2.24) is 0 Å². The molecule has 1 aromatic carbocycles. The molecule has 0 heterocycles. The minimum absolute atomic E-state index is 0.0511. The van der Waals surface area contributed by atoms with E-state index < -0.39 is 5.97 Å². The molecule has 6 heteroatoms. The van der Waals surface area contributed by atoms with E-state index in [0.717, 1.165) is 15.6 Å². The molecule has 0 radical (unpaired) electrons. The maximum atomic E-state index is 11.6. The zero-order valence-electron chi connectivity index (χ0n) is 10.1. The molecule has 0 fully saturated rings. The Hall–Kier alpha value is -1.78. The van der Waals surface area contributed by atoms with Crippen molar-refractivity contribution < 1.29 is 9.53 Å². The molecule has 1 rings (SSSR count). The number of hydrogen-bond acceptors (Lipinski definition) is 3. The van der Waals surface area contributed by atoms with Crippen molar-refractivity contribution in [3.63, 3.8) is 0 Å². The van der Waals surface area contributed by atoms with Crippen LogP contribution in [0.1, 0.15) is 18.1 Å². The van der Waals surface area contributed by atoms with Crippen molar-refractivity contribution in [2.24, 2.45) is 5.11 Å². The number of aryl methyl sites for hydroxylation is 1. The fourth-order valence-electron chi connectivity index (χ4n) is 1.33. The molecule has 0 aliphatic heterocycles. The highest BCUT2D eigenvalue weighted by molar-refractivity contribution is 9.10. The number of azide groups is 1. The van der Waals surface area contributed by atoms with Crippen LogP contribution in [0.25, 0.3) is 16.5 Å². The summed E-state index contributed by atoms with van der Waals surface area (Å²) in [5.41, 5.74) is 10.2. The van der Waals surface area contributed by atoms with Gasteiger partial charge in [0.25, 0.3) is 0 Å². The van der Waals surface area contributed by atoms with Gasteiger partial charge in [0, 0.05) is 9.38 Å². The van der Waals surface area contributed by atoms with E-state index in [4.69, 9.17) is 10.3 Å². The van der Waals surface area contributed by atoms with Gasteiger partial charge in [-0.1, -0.05) is 27.1 Å². The van der Waals surface area contributed by atoms with Crippen LogP contribution in [0.3, 0.4) is 0 Å². The van der Waals surface area contributed by atoms with Gasteiger partial charge in [-0.3, -0.25) is 0 Å². The molecule has 0 spiro atoms. The Labute approximate surface area is 113 Å². The number of rotatable bonds is 4. The lowest BCUT2D eigenvalue weighted by Gasteiger charge is -2.04. The standard InChI is InChI=1S/C12H12BrN3O2/c1-3-18-12(17)11(15-16-14)7-9-4-5-10(13)6-8(9)2/h4-7H,3H2,1-2H3/b11-7-. The Kier molecular flexibility index (Phi) is 5.42. The summed E-state index contributed by atoms with van der Waals surface area (Å²) in [6, 6.07) is 5.58. The van der Waals surface area contributed by atoms with Crippen molar-refractivity contribution in [2.45, 2.75) is 13.8 Å². The van der Waals surface area contributed by atoms with Gasteiger partial charge in [0.05, 0.1) is 6.61 Å². The van der Waals surface area contributed by atoms with E-state index in [1.807, 2.05) is 25.1 Å². The number of esters is 1. The molecule has 0 aliphatic carbocycles. The third-order valence-corrected chi connectivity index (χ3v) is 2.65. The van der Waals surface area contributed by atoms with Crippen LogP contribution in [0.4, 0.5) is 0 Å². The van der Waals surface area contributed by atoms with E-state index in [9.17, 15) is 4.79 Å². The minimum atomic E-state index is -0.627. The largest absolute Gasteiger partial charge is 0.462 e. The van der Waals surface area contributed by atoms with E-state index in [2.05, 4.69) is 26.0 Å². The van der Waals surface area contributed by atoms with Gasteiger partial charge in [-0.25, -0.2) is 4.79 Å². The fourth-order valence-corrected chi connectivity index (χ4v) is 1.81. The fraction of sp³-hybridized carbons (Fsp3) is 0.250. The van der Waals surface area contributed by atoms with Crippen LogP contribution in [0.15, 0.2) is 33.5 Å². The summed E-state index contributed by atoms with van der Waals surface area (Å²) in [5, 5.41) is 3.36. The molecular formula is C12H12BrN3O2. The second-order valence-corrected chi connectivity index (χ2v) is 4.36. The first kappa shape index (κ1) is 14.3. The first-order valence-electron chi connectivity index (χ1n) is 5.28. The van der Waals surface area contributed by atoms with E-state index in [0.29, 0.717) is 0 Å². The SMILES string of the molecule is CCOC(=O)/C(=C/c1ccc(Br)cc1C)N=[N+]=[N-]. The number of hydrogen-bond donors (Lipinski definition) is 0. The van der Waals surface area contributed by atoms with Gasteiger partial charge in [0.15, 0.2) is 0 Å². The van der Waals surface area contributed by atoms with E-state index >= 15 is 0 Å². The van der Waals surface area contributed by atoms with Gasteiger partial charge < -0.3 is 4.74 Å². The summed E-state index contributed by atoms with van der Waals surface area (Å²) in [6.45, 7) is 3.82. The van der Waals surface area contributed by atoms with Crippen LogP contribution in [-0.2, 0) is 9.53 Å². The lowest BCUT2D eigenvalue weighted by Crippen LogP contribution is -2.05. The predicted molar refractivity (Wildman–Crippen MR) is 72.6 cm³/mol. The van der Waals surface area contributed by atoms with Gasteiger partial charge in [0.2, 0.25) is 0 Å². The summed E-state index contributed by atoms with van der Waals surface area (Å²) in [6.07, 6.45) is 1.51. The molecule has 0 atom stereocenters. The number of benzene rings is 1. The molecule has 0 bridgehead atoms. The van der Waals surface area contributed by atoms with Crippen LogP contribution in [0, 0.1) is 6.92 Å². The first-order valence-corrected chi connectivity index (χ1v) is 6.08. The smallest absolute Gasteiger partial charge is 0.340 e. The summed E-state index contributed by atoms with van der Waals surface area (Å²) in [4.78, 5) is 14.2. The van der Waals surface area contributed by atoms with Crippen LogP contribution >= 0.6 is 15.9 Å². The number of halogens is 1. The molecule has 0 unspecified atom stereocenters. The number of ether oxygens (including phenoxy) is 1. The van der Waals surface area contributed by atoms with E-state index in [-0.39, 0.29) is 12.3 Å². The van der Waals surface area contributed by atoms with Crippen molar-refractivity contribution in [2.75, 3.05) is 6.61 Å². The summed E-state index contributed by atoms with van der Waals surface area (Å²) in [5.74, 6) is -0.627. The van der Waals surface area contributed by atoms with E-state index in [1.54, 1.807) is 6.92 Å². The number of carbonyl (C=O) groups excluding carboxylic acids is 1. The maximum Gasteiger partial charge on any atom is 0.340 e. The number of carbonyl (C=O) groups is 1. The van der Waals surface area contributed by atoms with Crippen LogP contribution in [-0.4, -0.2) is 12.6 Å². The van der Waals surface area contributed by atoms with Crippen molar-refractivity contribution in [3.8, 4) is 0 Å². The number of nitrogens with zero attached hydrogens (tertiary/aromatic N) is 3. The molecule has 0 aliphatic rings. The molecule has 5 nitrogen and oxygen atoms in total. The lowest BCUT2D eigenvalue weighted by atomic mass is 10.1. The zero-order chi connectivity index (χ0) is 13.5. The molecule has 0 amide bonds. The van der Waals surface area contributed by atoms with Gasteiger partial charge in [0.1, 0.15) is 5.70 Å². The maximum absolute atomic E-state index is 11.6. The molecule has 0 aromatic heterocycles. The third kappa shape index (κ3) is 3.91. The summed E-state index contributed by atoms with van der Waals surface area (Å²) < 4.78 is 5.75. The highest BCUT2D eigenvalue weighted by Crippen LogP contribution is 2.19. The Bertz CT molecular complexity index is 534. The Morgan fingerprint density at radius 1 is 1.61 bits per heavy atom. The van der Waals surface area contributed by atoms with Crippen LogP contribution < -0.4 is 0 Å². The summed E-state index contributed by atoms with van der Waals surface area (Å²) >= 11 is 3.35. The third-order valence-electron chi connectivity index (χ3n) is 2.16. The summed E-state index contributed by atoms with van der Waals surface area (Å²) in [7, 11) is 0. The minimum Gasteiger partial charge on any atom is -0.462 e. The molecular weight excluding hydrogens is 298 g/mol. The molecule has 94 valence electrons. The molecule has 0 saturated carbocycles. The lowest BCUT2D eigenvalue weighted by molar-refractivity contribution is -0.138. The van der Waals surface area contributed by atoms with Gasteiger partial charge in [-0.15, -0.1) is 0 Å². The quantitative estimate of drug-likeness (QED) is 0.277.